The minimum Gasteiger partial charge on any atom is -0.342 e. The van der Waals surface area contributed by atoms with E-state index in [1.807, 2.05) is 0 Å². The Balaban J connectivity index is 1.95. The molecule has 1 heterocycles. The van der Waals surface area contributed by atoms with Crippen LogP contribution in [0.1, 0.15) is 39.5 Å². The first kappa shape index (κ1) is 9.04. The Hall–Kier alpha value is -0.530. The lowest BCUT2D eigenvalue weighted by molar-refractivity contribution is -0.135. The van der Waals surface area contributed by atoms with Gasteiger partial charge in [-0.3, -0.25) is 4.79 Å². The summed E-state index contributed by atoms with van der Waals surface area (Å²) >= 11 is 0. The van der Waals surface area contributed by atoms with Gasteiger partial charge in [0.25, 0.3) is 0 Å². The van der Waals surface area contributed by atoms with E-state index in [-0.39, 0.29) is 0 Å². The van der Waals surface area contributed by atoms with E-state index in [1.165, 1.54) is 12.8 Å². The quantitative estimate of drug-likeness (QED) is 0.606. The zero-order valence-electron chi connectivity index (χ0n) is 8.68. The number of piperidine rings is 1. The molecule has 13 heavy (non-hydrogen) atoms. The average molecular weight is 181 g/mol. The molecule has 2 rings (SSSR count). The van der Waals surface area contributed by atoms with Gasteiger partial charge >= 0.3 is 0 Å². The molecule has 2 heteroatoms. The molecule has 0 aromatic carbocycles. The van der Waals surface area contributed by atoms with Crippen molar-refractivity contribution < 1.29 is 4.79 Å². The van der Waals surface area contributed by atoms with Gasteiger partial charge in [-0.15, -0.1) is 0 Å². The van der Waals surface area contributed by atoms with Crippen LogP contribution < -0.4 is 0 Å². The standard InChI is InChI=1S/C11H19NO/c1-11(2)6-3-7-12(8-11)10(13)9-4-5-9/h9H,3-8H2,1-2H3. The van der Waals surface area contributed by atoms with Crippen LogP contribution in [0.15, 0.2) is 0 Å². The van der Waals surface area contributed by atoms with Crippen LogP contribution in [0.4, 0.5) is 0 Å². The van der Waals surface area contributed by atoms with Crippen molar-refractivity contribution in [1.29, 1.82) is 0 Å². The molecule has 2 aliphatic rings. The Labute approximate surface area is 80.3 Å². The number of amides is 1. The first-order valence-electron chi connectivity index (χ1n) is 5.37. The summed E-state index contributed by atoms with van der Waals surface area (Å²) in [6, 6.07) is 0. The predicted octanol–water partition coefficient (Wildman–Crippen LogP) is 2.04. The fourth-order valence-corrected chi connectivity index (χ4v) is 2.20. The largest absolute Gasteiger partial charge is 0.342 e. The summed E-state index contributed by atoms with van der Waals surface area (Å²) in [6.07, 6.45) is 4.72. The van der Waals surface area contributed by atoms with Crippen molar-refractivity contribution in [2.24, 2.45) is 11.3 Å². The van der Waals surface area contributed by atoms with Gasteiger partial charge in [0.1, 0.15) is 0 Å². The third kappa shape index (κ3) is 2.04. The van der Waals surface area contributed by atoms with E-state index in [0.717, 1.165) is 25.9 Å². The summed E-state index contributed by atoms with van der Waals surface area (Å²) in [5, 5.41) is 0. The normalized spacial score (nSPS) is 27.4. The number of hydrogen-bond donors (Lipinski definition) is 0. The van der Waals surface area contributed by atoms with Crippen LogP contribution in [0.3, 0.4) is 0 Å². The second kappa shape index (κ2) is 3.00. The van der Waals surface area contributed by atoms with Crippen LogP contribution in [-0.2, 0) is 4.79 Å². The van der Waals surface area contributed by atoms with Gasteiger partial charge in [-0.2, -0.15) is 0 Å². The van der Waals surface area contributed by atoms with Crippen LogP contribution in [0, 0.1) is 11.3 Å². The predicted molar refractivity (Wildman–Crippen MR) is 52.3 cm³/mol. The molecule has 0 spiro atoms. The highest BCUT2D eigenvalue weighted by atomic mass is 16.2. The van der Waals surface area contributed by atoms with E-state index in [2.05, 4.69) is 18.7 Å². The van der Waals surface area contributed by atoms with Gasteiger partial charge in [0.15, 0.2) is 0 Å². The molecule has 2 nitrogen and oxygen atoms in total. The highest BCUT2D eigenvalue weighted by molar-refractivity contribution is 5.81. The van der Waals surface area contributed by atoms with Gasteiger partial charge in [-0.1, -0.05) is 13.8 Å². The molecular weight excluding hydrogens is 162 g/mol. The monoisotopic (exact) mass is 181 g/mol. The molecule has 1 saturated heterocycles. The van der Waals surface area contributed by atoms with Crippen LogP contribution >= 0.6 is 0 Å². The number of likely N-dealkylation sites (tertiary alicyclic amines) is 1. The Morgan fingerprint density at radius 1 is 1.38 bits per heavy atom. The van der Waals surface area contributed by atoms with Gasteiger partial charge < -0.3 is 4.90 Å². The second-order valence-corrected chi connectivity index (χ2v) is 5.30. The molecule has 74 valence electrons. The zero-order valence-corrected chi connectivity index (χ0v) is 8.68. The van der Waals surface area contributed by atoms with E-state index in [9.17, 15) is 4.79 Å². The molecule has 1 saturated carbocycles. The molecule has 0 radical (unpaired) electrons. The topological polar surface area (TPSA) is 20.3 Å². The molecule has 1 aliphatic heterocycles. The van der Waals surface area contributed by atoms with Crippen molar-refractivity contribution in [3.8, 4) is 0 Å². The molecule has 0 unspecified atom stereocenters. The maximum atomic E-state index is 11.8. The SMILES string of the molecule is CC1(C)CCCN(C(=O)C2CC2)C1. The zero-order chi connectivity index (χ0) is 9.47. The Morgan fingerprint density at radius 3 is 2.62 bits per heavy atom. The molecule has 1 amide bonds. The first-order valence-corrected chi connectivity index (χ1v) is 5.37. The van der Waals surface area contributed by atoms with Crippen LogP contribution in [-0.4, -0.2) is 23.9 Å². The summed E-state index contributed by atoms with van der Waals surface area (Å²) in [5.41, 5.74) is 0.350. The fraction of sp³-hybridized carbons (Fsp3) is 0.909. The van der Waals surface area contributed by atoms with Crippen molar-refractivity contribution in [2.75, 3.05) is 13.1 Å². The summed E-state index contributed by atoms with van der Waals surface area (Å²) in [6.45, 7) is 6.50. The number of nitrogens with zero attached hydrogens (tertiary/aromatic N) is 1. The van der Waals surface area contributed by atoms with Gasteiger partial charge in [-0.25, -0.2) is 0 Å². The molecule has 1 aliphatic carbocycles. The van der Waals surface area contributed by atoms with E-state index < -0.39 is 0 Å². The van der Waals surface area contributed by atoms with Crippen molar-refractivity contribution >= 4 is 5.91 Å². The molecule has 0 bridgehead atoms. The number of rotatable bonds is 1. The summed E-state index contributed by atoms with van der Waals surface area (Å²) < 4.78 is 0. The Bertz CT molecular complexity index is 218. The minimum atomic E-state index is 0.350. The van der Waals surface area contributed by atoms with Crippen molar-refractivity contribution in [3.63, 3.8) is 0 Å². The Morgan fingerprint density at radius 2 is 2.08 bits per heavy atom. The van der Waals surface area contributed by atoms with Crippen molar-refractivity contribution in [1.82, 2.24) is 4.90 Å². The van der Waals surface area contributed by atoms with E-state index in [1.54, 1.807) is 0 Å². The minimum absolute atomic E-state index is 0.350. The van der Waals surface area contributed by atoms with Crippen LogP contribution in [0.2, 0.25) is 0 Å². The summed E-state index contributed by atoms with van der Waals surface area (Å²) in [4.78, 5) is 13.9. The third-order valence-electron chi connectivity index (χ3n) is 3.14. The molecule has 2 fully saturated rings. The molecular formula is C11H19NO. The first-order chi connectivity index (χ1) is 6.08. The lowest BCUT2D eigenvalue weighted by Gasteiger charge is -2.38. The average Bonchev–Trinajstić information content (AvgIpc) is 2.83. The smallest absolute Gasteiger partial charge is 0.225 e. The highest BCUT2D eigenvalue weighted by Gasteiger charge is 2.37. The third-order valence-corrected chi connectivity index (χ3v) is 3.14. The summed E-state index contributed by atoms with van der Waals surface area (Å²) in [5.74, 6) is 0.821. The molecule has 0 aromatic rings. The number of carbonyl (C=O) groups is 1. The van der Waals surface area contributed by atoms with Crippen molar-refractivity contribution in [3.05, 3.63) is 0 Å². The van der Waals surface area contributed by atoms with Crippen molar-refractivity contribution in [2.45, 2.75) is 39.5 Å². The molecule has 0 N–H and O–H groups in total. The molecule has 0 atom stereocenters. The van der Waals surface area contributed by atoms with Gasteiger partial charge in [-0.05, 0) is 31.1 Å². The maximum Gasteiger partial charge on any atom is 0.225 e. The summed E-state index contributed by atoms with van der Waals surface area (Å²) in [7, 11) is 0. The maximum absolute atomic E-state index is 11.8. The fourth-order valence-electron chi connectivity index (χ4n) is 2.20. The van der Waals surface area contributed by atoms with E-state index >= 15 is 0 Å². The van der Waals surface area contributed by atoms with Crippen LogP contribution in [0.5, 0.6) is 0 Å². The Kier molecular flexibility index (Phi) is 2.09. The van der Waals surface area contributed by atoms with E-state index in [4.69, 9.17) is 0 Å². The lowest BCUT2D eigenvalue weighted by atomic mass is 9.84. The van der Waals surface area contributed by atoms with Gasteiger partial charge in [0.05, 0.1) is 0 Å². The second-order valence-electron chi connectivity index (χ2n) is 5.30. The van der Waals surface area contributed by atoms with Crippen LogP contribution in [0.25, 0.3) is 0 Å². The van der Waals surface area contributed by atoms with E-state index in [0.29, 0.717) is 17.2 Å². The van der Waals surface area contributed by atoms with Gasteiger partial charge in [0, 0.05) is 19.0 Å². The highest BCUT2D eigenvalue weighted by Crippen LogP contribution is 2.35. The number of carbonyl (C=O) groups excluding carboxylic acids is 1. The molecule has 0 aromatic heterocycles. The van der Waals surface area contributed by atoms with Gasteiger partial charge in [0.2, 0.25) is 5.91 Å². The lowest BCUT2D eigenvalue weighted by Crippen LogP contribution is -2.44. The number of hydrogen-bond acceptors (Lipinski definition) is 1.